The van der Waals surface area contributed by atoms with Crippen LogP contribution in [0.3, 0.4) is 0 Å². The van der Waals surface area contributed by atoms with E-state index in [1.54, 1.807) is 4.31 Å². The van der Waals surface area contributed by atoms with Crippen molar-refractivity contribution < 1.29 is 8.42 Å². The van der Waals surface area contributed by atoms with Gasteiger partial charge in [-0.3, -0.25) is 0 Å². The number of rotatable bonds is 3. The Morgan fingerprint density at radius 3 is 2.47 bits per heavy atom. The molecule has 108 valence electrons. The van der Waals surface area contributed by atoms with Crippen LogP contribution < -0.4 is 0 Å². The predicted octanol–water partition coefficient (Wildman–Crippen LogP) is 3.61. The zero-order valence-corrected chi connectivity index (χ0v) is 14.0. The smallest absolute Gasteiger partial charge is 0.207 e. The molecule has 0 bridgehead atoms. The van der Waals surface area contributed by atoms with Crippen LogP contribution in [0.1, 0.15) is 37.1 Å². The first-order valence-electron chi connectivity index (χ1n) is 6.41. The normalized spacial score (nSPS) is 20.6. The van der Waals surface area contributed by atoms with Gasteiger partial charge in [-0.2, -0.15) is 4.31 Å². The molecule has 0 unspecified atom stereocenters. The first-order chi connectivity index (χ1) is 8.78. The second kappa shape index (κ2) is 5.35. The summed E-state index contributed by atoms with van der Waals surface area (Å²) in [5.41, 5.74) is 1.05. The number of nitrogens with zero attached hydrogens (tertiary/aromatic N) is 1. The second-order valence-electron chi connectivity index (χ2n) is 5.87. The van der Waals surface area contributed by atoms with Gasteiger partial charge in [0.25, 0.3) is 0 Å². The van der Waals surface area contributed by atoms with E-state index in [1.807, 2.05) is 12.3 Å². The van der Waals surface area contributed by atoms with Crippen molar-refractivity contribution in [1.29, 1.82) is 0 Å². The second-order valence-corrected chi connectivity index (χ2v) is 8.98. The number of sulfonamides is 1. The van der Waals surface area contributed by atoms with Crippen molar-refractivity contribution in [3.63, 3.8) is 0 Å². The van der Waals surface area contributed by atoms with Crippen molar-refractivity contribution in [2.75, 3.05) is 13.1 Å². The van der Waals surface area contributed by atoms with Crippen molar-refractivity contribution in [3.8, 4) is 0 Å². The number of alkyl halides is 1. The summed E-state index contributed by atoms with van der Waals surface area (Å²) >= 11 is 7.29. The number of hydrogen-bond donors (Lipinski definition) is 0. The van der Waals surface area contributed by atoms with E-state index in [0.29, 0.717) is 18.0 Å². The Balaban J connectivity index is 2.31. The summed E-state index contributed by atoms with van der Waals surface area (Å²) in [6.07, 6.45) is 1.82. The zero-order chi connectivity index (χ0) is 14.3. The Hall–Kier alpha value is -0.100. The molecule has 0 amide bonds. The van der Waals surface area contributed by atoms with Crippen molar-refractivity contribution >= 4 is 33.0 Å². The van der Waals surface area contributed by atoms with Crippen molar-refractivity contribution in [1.82, 2.24) is 4.31 Å². The highest BCUT2D eigenvalue weighted by atomic mass is 35.5. The molecule has 0 saturated carbocycles. The lowest BCUT2D eigenvalue weighted by atomic mass is 9.83. The van der Waals surface area contributed by atoms with Gasteiger partial charge in [0.1, 0.15) is 4.90 Å². The standard InChI is InChI=1S/C13H20ClNO2S2/c1-10-9-18-11(8-14)12(10)19(16,17)15-6-4-13(2,3)5-7-15/h9H,4-8H2,1-3H3. The number of hydrogen-bond acceptors (Lipinski definition) is 3. The Morgan fingerprint density at radius 1 is 1.37 bits per heavy atom. The van der Waals surface area contributed by atoms with Gasteiger partial charge in [0, 0.05) is 18.0 Å². The molecule has 6 heteroatoms. The third-order valence-corrected chi connectivity index (χ3v) is 7.57. The van der Waals surface area contributed by atoms with Crippen LogP contribution >= 0.6 is 22.9 Å². The van der Waals surface area contributed by atoms with E-state index < -0.39 is 10.0 Å². The van der Waals surface area contributed by atoms with E-state index in [-0.39, 0.29) is 11.3 Å². The molecule has 2 heterocycles. The third kappa shape index (κ3) is 2.99. The minimum absolute atomic E-state index is 0.241. The molecule has 0 radical (unpaired) electrons. The van der Waals surface area contributed by atoms with Crippen LogP contribution in [0.25, 0.3) is 0 Å². The van der Waals surface area contributed by atoms with Crippen molar-refractivity contribution in [2.24, 2.45) is 5.41 Å². The van der Waals surface area contributed by atoms with Gasteiger partial charge >= 0.3 is 0 Å². The molecule has 1 saturated heterocycles. The molecule has 1 fully saturated rings. The number of aryl methyl sites for hydroxylation is 1. The van der Waals surface area contributed by atoms with Crippen LogP contribution in [-0.2, 0) is 15.9 Å². The first kappa shape index (κ1) is 15.3. The molecule has 1 aliphatic rings. The summed E-state index contributed by atoms with van der Waals surface area (Å²) in [6, 6.07) is 0. The van der Waals surface area contributed by atoms with Gasteiger partial charge < -0.3 is 0 Å². The molecule has 0 aliphatic carbocycles. The number of piperidine rings is 1. The van der Waals surface area contributed by atoms with Crippen molar-refractivity contribution in [2.45, 2.75) is 44.4 Å². The highest BCUT2D eigenvalue weighted by Crippen LogP contribution is 2.35. The summed E-state index contributed by atoms with van der Waals surface area (Å²) < 4.78 is 27.1. The zero-order valence-electron chi connectivity index (χ0n) is 11.6. The summed E-state index contributed by atoms with van der Waals surface area (Å²) in [5, 5.41) is 1.87. The van der Waals surface area contributed by atoms with Crippen LogP contribution in [-0.4, -0.2) is 25.8 Å². The summed E-state index contributed by atoms with van der Waals surface area (Å²) in [6.45, 7) is 7.43. The molecule has 0 spiro atoms. The molecule has 1 aromatic rings. The SMILES string of the molecule is Cc1csc(CCl)c1S(=O)(=O)N1CCC(C)(C)CC1. The Kier molecular flexibility index (Phi) is 4.31. The van der Waals surface area contributed by atoms with E-state index in [1.165, 1.54) is 11.3 Å². The quantitative estimate of drug-likeness (QED) is 0.798. The predicted molar refractivity (Wildman–Crippen MR) is 80.4 cm³/mol. The van der Waals surface area contributed by atoms with Gasteiger partial charge in [0.15, 0.2) is 0 Å². The number of halogens is 1. The molecule has 1 aromatic heterocycles. The Bertz CT molecular complexity index is 553. The molecule has 2 rings (SSSR count). The average Bonchev–Trinajstić information content (AvgIpc) is 2.70. The van der Waals surface area contributed by atoms with Crippen LogP contribution in [0.2, 0.25) is 0 Å². The van der Waals surface area contributed by atoms with Gasteiger partial charge in [-0.25, -0.2) is 8.42 Å². The van der Waals surface area contributed by atoms with Crippen LogP contribution in [0, 0.1) is 12.3 Å². The van der Waals surface area contributed by atoms with E-state index in [0.717, 1.165) is 23.3 Å². The van der Waals surface area contributed by atoms with E-state index >= 15 is 0 Å². The van der Waals surface area contributed by atoms with Gasteiger partial charge in [0.2, 0.25) is 10.0 Å². The van der Waals surface area contributed by atoms with Crippen LogP contribution in [0.15, 0.2) is 10.3 Å². The highest BCUT2D eigenvalue weighted by molar-refractivity contribution is 7.89. The fourth-order valence-corrected chi connectivity index (χ4v) is 5.84. The van der Waals surface area contributed by atoms with E-state index in [2.05, 4.69) is 13.8 Å². The van der Waals surface area contributed by atoms with Gasteiger partial charge in [-0.05, 0) is 36.1 Å². The molecular weight excluding hydrogens is 302 g/mol. The third-order valence-electron chi connectivity index (χ3n) is 3.78. The largest absolute Gasteiger partial charge is 0.244 e. The average molecular weight is 322 g/mol. The molecule has 0 atom stereocenters. The van der Waals surface area contributed by atoms with Crippen molar-refractivity contribution in [3.05, 3.63) is 15.8 Å². The van der Waals surface area contributed by atoms with Crippen LogP contribution in [0.4, 0.5) is 0 Å². The molecule has 1 aliphatic heterocycles. The highest BCUT2D eigenvalue weighted by Gasteiger charge is 2.35. The topological polar surface area (TPSA) is 37.4 Å². The minimum atomic E-state index is -3.38. The lowest BCUT2D eigenvalue weighted by molar-refractivity contribution is 0.196. The molecule has 19 heavy (non-hydrogen) atoms. The lowest BCUT2D eigenvalue weighted by Gasteiger charge is -2.36. The van der Waals surface area contributed by atoms with Gasteiger partial charge in [-0.1, -0.05) is 13.8 Å². The maximum absolute atomic E-state index is 12.7. The summed E-state index contributed by atoms with van der Waals surface area (Å²) in [5.74, 6) is 0.256. The maximum atomic E-state index is 12.7. The minimum Gasteiger partial charge on any atom is -0.207 e. The van der Waals surface area contributed by atoms with Crippen LogP contribution in [0.5, 0.6) is 0 Å². The van der Waals surface area contributed by atoms with E-state index in [9.17, 15) is 8.42 Å². The molecule has 0 aromatic carbocycles. The number of thiophene rings is 1. The first-order valence-corrected chi connectivity index (χ1v) is 9.26. The van der Waals surface area contributed by atoms with Gasteiger partial charge in [-0.15, -0.1) is 22.9 Å². The molecular formula is C13H20ClNO2S2. The fraction of sp³-hybridized carbons (Fsp3) is 0.692. The fourth-order valence-electron chi connectivity index (χ4n) is 2.39. The lowest BCUT2D eigenvalue weighted by Crippen LogP contribution is -2.41. The van der Waals surface area contributed by atoms with E-state index in [4.69, 9.17) is 11.6 Å². The van der Waals surface area contributed by atoms with Gasteiger partial charge in [0.05, 0.1) is 5.88 Å². The summed E-state index contributed by atoms with van der Waals surface area (Å²) in [4.78, 5) is 1.19. The Morgan fingerprint density at radius 2 is 1.95 bits per heavy atom. The summed E-state index contributed by atoms with van der Waals surface area (Å²) in [7, 11) is -3.38. The molecule has 3 nitrogen and oxygen atoms in total. The monoisotopic (exact) mass is 321 g/mol. The maximum Gasteiger partial charge on any atom is 0.244 e. The molecule has 0 N–H and O–H groups in total. The Labute approximate surface area is 124 Å².